The molecule has 3 atom stereocenters. The number of unbranched alkanes of at least 4 members (excludes halogenated alkanes) is 1. The number of carbonyl (C=O) groups is 4. The van der Waals surface area contributed by atoms with Crippen LogP contribution in [0.15, 0.2) is 0 Å². The summed E-state index contributed by atoms with van der Waals surface area (Å²) in [5, 5.41) is 36.5. The summed E-state index contributed by atoms with van der Waals surface area (Å²) in [6, 6.07) is 0. The Morgan fingerprint density at radius 1 is 1.14 bits per heavy atom. The number of ether oxygens (including phenoxy) is 1. The lowest BCUT2D eigenvalue weighted by Crippen LogP contribution is -2.56. The molecule has 0 radical (unpaired) electrons. The van der Waals surface area contributed by atoms with Gasteiger partial charge in [-0.1, -0.05) is 13.3 Å². The molecule has 0 amide bonds. The molecule has 0 bridgehead atoms. The summed E-state index contributed by atoms with van der Waals surface area (Å²) < 4.78 is 4.49. The van der Waals surface area contributed by atoms with E-state index in [2.05, 4.69) is 4.74 Å². The highest BCUT2D eigenvalue weighted by molar-refractivity contribution is 8.00. The van der Waals surface area contributed by atoms with Gasteiger partial charge in [0.2, 0.25) is 5.44 Å². The second-order valence-corrected chi connectivity index (χ2v) is 5.60. The van der Waals surface area contributed by atoms with Crippen molar-refractivity contribution in [1.82, 2.24) is 0 Å². The van der Waals surface area contributed by atoms with E-state index in [0.717, 1.165) is 25.1 Å². The van der Waals surface area contributed by atoms with Crippen molar-refractivity contribution in [3.05, 3.63) is 0 Å². The maximum absolute atomic E-state index is 11.8. The molecule has 4 N–H and O–H groups in total. The number of hydrogen-bond acceptors (Lipinski definition) is 7. The third kappa shape index (κ3) is 4.88. The van der Waals surface area contributed by atoms with Gasteiger partial charge in [0.15, 0.2) is 0 Å². The fraction of sp³-hybridized carbons (Fsp3) is 0.667. The van der Waals surface area contributed by atoms with Crippen molar-refractivity contribution in [3.63, 3.8) is 0 Å². The average molecular weight is 338 g/mol. The molecule has 0 saturated carbocycles. The summed E-state index contributed by atoms with van der Waals surface area (Å²) in [6.07, 6.45) is 1.41. The number of aliphatic carboxylic acids is 3. The molecule has 0 saturated heterocycles. The van der Waals surface area contributed by atoms with E-state index in [1.165, 1.54) is 0 Å². The summed E-state index contributed by atoms with van der Waals surface area (Å²) >= 11 is 0.736. The molecule has 0 spiro atoms. The molecule has 0 aromatic carbocycles. The largest absolute Gasteiger partial charge is 0.481 e. The van der Waals surface area contributed by atoms with E-state index in [1.807, 2.05) is 6.92 Å². The third-order valence-corrected chi connectivity index (χ3v) is 3.94. The summed E-state index contributed by atoms with van der Waals surface area (Å²) in [6.45, 7) is 2.66. The summed E-state index contributed by atoms with van der Waals surface area (Å²) in [5.41, 5.74) is -5.10. The van der Waals surface area contributed by atoms with E-state index in [1.54, 1.807) is 0 Å². The quantitative estimate of drug-likeness (QED) is 0.185. The number of aliphatic hydroxyl groups is 1. The topological polar surface area (TPSA) is 158 Å². The molecule has 3 unspecified atom stereocenters. The molecule has 0 fully saturated rings. The number of esters is 1. The Hall–Kier alpha value is -1.81. The van der Waals surface area contributed by atoms with Gasteiger partial charge in [-0.15, -0.1) is 11.8 Å². The fourth-order valence-corrected chi connectivity index (χ4v) is 2.27. The molecule has 0 rings (SSSR count). The second-order valence-electron chi connectivity index (χ2n) is 4.43. The predicted molar refractivity (Wildman–Crippen MR) is 74.3 cm³/mol. The molecule has 0 heterocycles. The minimum absolute atomic E-state index is 0.334. The van der Waals surface area contributed by atoms with Gasteiger partial charge in [0.25, 0.3) is 5.60 Å². The first-order valence-corrected chi connectivity index (χ1v) is 7.37. The van der Waals surface area contributed by atoms with Gasteiger partial charge in [-0.05, 0) is 19.1 Å². The van der Waals surface area contributed by atoms with Gasteiger partial charge in [-0.2, -0.15) is 0 Å². The molecule has 0 aromatic rings. The van der Waals surface area contributed by atoms with Crippen LogP contribution in [0.1, 0.15) is 26.7 Å². The highest BCUT2D eigenvalue weighted by Gasteiger charge is 2.55. The highest BCUT2D eigenvalue weighted by Crippen LogP contribution is 2.24. The van der Waals surface area contributed by atoms with E-state index in [-0.39, 0.29) is 0 Å². The maximum Gasteiger partial charge on any atom is 0.355 e. The van der Waals surface area contributed by atoms with Crippen LogP contribution in [0.5, 0.6) is 0 Å². The highest BCUT2D eigenvalue weighted by atomic mass is 32.2. The number of carboxylic acid groups (broad SMARTS) is 3. The standard InChI is InChI=1S/C12H18O9S/c1-3-4-5-22-9(8(15)16)21-11(19)12(20,10(17)18)6(2)7(13)14/h6,9,20H,3-5H2,1-2H3,(H,13,14)(H,15,16)(H,17,18). The van der Waals surface area contributed by atoms with Crippen molar-refractivity contribution in [2.45, 2.75) is 37.7 Å². The number of carboxylic acids is 3. The van der Waals surface area contributed by atoms with Crippen LogP contribution in [0.4, 0.5) is 0 Å². The molecular formula is C12H18O9S. The SMILES string of the molecule is CCCCSC(OC(=O)C(O)(C(=O)O)C(C)C(=O)O)C(=O)O. The van der Waals surface area contributed by atoms with E-state index in [0.29, 0.717) is 12.2 Å². The lowest BCUT2D eigenvalue weighted by atomic mass is 9.89. The summed E-state index contributed by atoms with van der Waals surface area (Å²) in [7, 11) is 0. The first-order chi connectivity index (χ1) is 10.1. The minimum atomic E-state index is -3.37. The van der Waals surface area contributed by atoms with Crippen molar-refractivity contribution >= 4 is 35.6 Å². The molecule has 0 aliphatic rings. The minimum Gasteiger partial charge on any atom is -0.481 e. The van der Waals surface area contributed by atoms with Crippen LogP contribution in [-0.4, -0.2) is 61.1 Å². The monoisotopic (exact) mass is 338 g/mol. The van der Waals surface area contributed by atoms with Crippen molar-refractivity contribution in [1.29, 1.82) is 0 Å². The lowest BCUT2D eigenvalue weighted by Gasteiger charge is -2.26. The molecule has 126 valence electrons. The van der Waals surface area contributed by atoms with Crippen LogP contribution < -0.4 is 0 Å². The maximum atomic E-state index is 11.8. The zero-order chi connectivity index (χ0) is 17.5. The normalized spacial score (nSPS) is 16.1. The molecule has 10 heteroatoms. The first kappa shape index (κ1) is 20.2. The number of hydrogen-bond donors (Lipinski definition) is 4. The van der Waals surface area contributed by atoms with Gasteiger partial charge >= 0.3 is 23.9 Å². The molecule has 0 aliphatic carbocycles. The van der Waals surface area contributed by atoms with E-state index in [9.17, 15) is 24.3 Å². The Morgan fingerprint density at radius 3 is 2.05 bits per heavy atom. The van der Waals surface area contributed by atoms with E-state index < -0.39 is 40.8 Å². The van der Waals surface area contributed by atoms with Crippen LogP contribution >= 0.6 is 11.8 Å². The Morgan fingerprint density at radius 2 is 1.68 bits per heavy atom. The number of rotatable bonds is 10. The van der Waals surface area contributed by atoms with Crippen LogP contribution in [-0.2, 0) is 23.9 Å². The third-order valence-electron chi connectivity index (χ3n) is 2.82. The predicted octanol–water partition coefficient (Wildman–Crippen LogP) is 0.0100. The van der Waals surface area contributed by atoms with Crippen molar-refractivity contribution in [2.75, 3.05) is 5.75 Å². The lowest BCUT2D eigenvalue weighted by molar-refractivity contribution is -0.193. The Kier molecular flexibility index (Phi) is 7.88. The van der Waals surface area contributed by atoms with Crippen molar-refractivity contribution in [2.24, 2.45) is 5.92 Å². The van der Waals surface area contributed by atoms with Crippen molar-refractivity contribution in [3.8, 4) is 0 Å². The Bertz CT molecular complexity index is 450. The fourth-order valence-electron chi connectivity index (χ4n) is 1.31. The second kappa shape index (κ2) is 8.59. The zero-order valence-electron chi connectivity index (χ0n) is 12.0. The van der Waals surface area contributed by atoms with Crippen LogP contribution in [0.25, 0.3) is 0 Å². The summed E-state index contributed by atoms with van der Waals surface area (Å²) in [4.78, 5) is 44.7. The van der Waals surface area contributed by atoms with Crippen molar-refractivity contribution < 1.29 is 44.3 Å². The Labute approximate surface area is 130 Å². The molecule has 9 nitrogen and oxygen atoms in total. The zero-order valence-corrected chi connectivity index (χ0v) is 12.8. The first-order valence-electron chi connectivity index (χ1n) is 6.33. The van der Waals surface area contributed by atoms with E-state index in [4.69, 9.17) is 15.3 Å². The van der Waals surface area contributed by atoms with Gasteiger partial charge < -0.3 is 25.2 Å². The van der Waals surface area contributed by atoms with Gasteiger partial charge in [0.05, 0.1) is 0 Å². The van der Waals surface area contributed by atoms with Gasteiger partial charge in [0, 0.05) is 0 Å². The Balaban J connectivity index is 5.19. The van der Waals surface area contributed by atoms with E-state index >= 15 is 0 Å². The van der Waals surface area contributed by atoms with Crippen LogP contribution in [0.3, 0.4) is 0 Å². The molecule has 22 heavy (non-hydrogen) atoms. The van der Waals surface area contributed by atoms with Gasteiger partial charge in [-0.3, -0.25) is 4.79 Å². The number of carbonyl (C=O) groups excluding carboxylic acids is 1. The van der Waals surface area contributed by atoms with Gasteiger partial charge in [-0.25, -0.2) is 14.4 Å². The van der Waals surface area contributed by atoms with Gasteiger partial charge in [0.1, 0.15) is 5.92 Å². The summed E-state index contributed by atoms with van der Waals surface area (Å²) in [5.74, 6) is -8.92. The molecule has 0 aliphatic heterocycles. The average Bonchev–Trinajstić information content (AvgIpc) is 2.43. The molecule has 0 aromatic heterocycles. The smallest absolute Gasteiger partial charge is 0.355 e. The van der Waals surface area contributed by atoms with Crippen LogP contribution in [0.2, 0.25) is 0 Å². The number of thioether (sulfide) groups is 1. The van der Waals surface area contributed by atoms with Crippen LogP contribution in [0, 0.1) is 5.92 Å². The molecular weight excluding hydrogens is 320 g/mol.